The molecule has 18 heavy (non-hydrogen) atoms. The Morgan fingerprint density at radius 3 is 2.94 bits per heavy atom. The van der Waals surface area contributed by atoms with Crippen molar-refractivity contribution in [3.8, 4) is 5.75 Å². The molecule has 0 saturated carbocycles. The highest BCUT2D eigenvalue weighted by atomic mass is 19.1. The molecule has 0 heterocycles. The molecule has 2 N–H and O–H groups in total. The Balaban J connectivity index is 1.87. The van der Waals surface area contributed by atoms with Gasteiger partial charge in [0.05, 0.1) is 5.56 Å². The summed E-state index contributed by atoms with van der Waals surface area (Å²) in [7, 11) is 0. The number of amides is 1. The number of phenols is 1. The summed E-state index contributed by atoms with van der Waals surface area (Å²) in [4.78, 5) is 11.7. The molecule has 0 aromatic heterocycles. The van der Waals surface area contributed by atoms with Crippen LogP contribution in [0.3, 0.4) is 0 Å². The Labute approximate surface area is 105 Å². The molecule has 1 amide bonds. The van der Waals surface area contributed by atoms with E-state index >= 15 is 0 Å². The predicted octanol–water partition coefficient (Wildman–Crippen LogP) is 2.76. The second-order valence-electron chi connectivity index (χ2n) is 4.42. The molecule has 0 saturated heterocycles. The summed E-state index contributed by atoms with van der Waals surface area (Å²) >= 11 is 0. The fourth-order valence-electron chi connectivity index (χ4n) is 2.08. The zero-order valence-corrected chi connectivity index (χ0v) is 10.1. The molecule has 0 unspecified atom stereocenters. The normalized spacial score (nSPS) is 14.4. The Morgan fingerprint density at radius 1 is 1.44 bits per heavy atom. The summed E-state index contributed by atoms with van der Waals surface area (Å²) < 4.78 is 13.4. The van der Waals surface area contributed by atoms with Gasteiger partial charge in [0, 0.05) is 12.6 Å². The number of halogens is 1. The molecule has 3 nitrogen and oxygen atoms in total. The molecule has 0 aliphatic heterocycles. The number of benzene rings is 1. The summed E-state index contributed by atoms with van der Waals surface area (Å²) in [6, 6.07) is 3.53. The average Bonchev–Trinajstić information content (AvgIpc) is 2.81. The number of carbonyl (C=O) groups excluding carboxylic acids is 1. The molecule has 1 aliphatic rings. The van der Waals surface area contributed by atoms with E-state index in [0.29, 0.717) is 6.54 Å². The molecule has 1 aromatic rings. The van der Waals surface area contributed by atoms with Crippen molar-refractivity contribution in [2.24, 2.45) is 0 Å². The van der Waals surface area contributed by atoms with Crippen LogP contribution < -0.4 is 5.32 Å². The summed E-state index contributed by atoms with van der Waals surface area (Å²) in [6.07, 6.45) is 6.44. The molecule has 1 aromatic carbocycles. The fourth-order valence-corrected chi connectivity index (χ4v) is 2.08. The van der Waals surface area contributed by atoms with Crippen molar-refractivity contribution in [3.63, 3.8) is 0 Å². The van der Waals surface area contributed by atoms with Gasteiger partial charge in [0.15, 0.2) is 0 Å². The first-order valence-corrected chi connectivity index (χ1v) is 6.11. The SMILES string of the molecule is O=C(NCCC1=CCCC1)c1ccc(O)cc1F. The Morgan fingerprint density at radius 2 is 2.28 bits per heavy atom. The number of hydrogen-bond acceptors (Lipinski definition) is 2. The molecule has 1 aliphatic carbocycles. The van der Waals surface area contributed by atoms with Gasteiger partial charge in [-0.05, 0) is 37.8 Å². The van der Waals surface area contributed by atoms with Gasteiger partial charge in [-0.3, -0.25) is 4.79 Å². The van der Waals surface area contributed by atoms with Gasteiger partial charge in [0.25, 0.3) is 5.91 Å². The summed E-state index contributed by atoms with van der Waals surface area (Å²) in [6.45, 7) is 0.519. The van der Waals surface area contributed by atoms with E-state index in [-0.39, 0.29) is 11.3 Å². The topological polar surface area (TPSA) is 49.3 Å². The summed E-state index contributed by atoms with van der Waals surface area (Å²) in [5, 5.41) is 11.7. The van der Waals surface area contributed by atoms with Crippen LogP contribution in [0.15, 0.2) is 29.8 Å². The van der Waals surface area contributed by atoms with E-state index in [0.717, 1.165) is 25.3 Å². The number of carbonyl (C=O) groups is 1. The minimum Gasteiger partial charge on any atom is -0.508 e. The van der Waals surface area contributed by atoms with Gasteiger partial charge < -0.3 is 10.4 Å². The van der Waals surface area contributed by atoms with Crippen LogP contribution in [-0.4, -0.2) is 17.6 Å². The van der Waals surface area contributed by atoms with Gasteiger partial charge in [0.2, 0.25) is 0 Å². The molecule has 0 spiro atoms. The number of rotatable bonds is 4. The number of hydrogen-bond donors (Lipinski definition) is 2. The molecular weight excluding hydrogens is 233 g/mol. The summed E-state index contributed by atoms with van der Waals surface area (Å²) in [5.41, 5.74) is 1.33. The lowest BCUT2D eigenvalue weighted by Gasteiger charge is -2.07. The van der Waals surface area contributed by atoms with E-state index < -0.39 is 11.7 Å². The molecule has 0 fully saturated rings. The Kier molecular flexibility index (Phi) is 3.97. The number of aromatic hydroxyl groups is 1. The lowest BCUT2D eigenvalue weighted by atomic mass is 10.1. The maximum absolute atomic E-state index is 13.4. The van der Waals surface area contributed by atoms with Crippen molar-refractivity contribution < 1.29 is 14.3 Å². The van der Waals surface area contributed by atoms with Gasteiger partial charge >= 0.3 is 0 Å². The van der Waals surface area contributed by atoms with Crippen LogP contribution >= 0.6 is 0 Å². The molecule has 4 heteroatoms. The van der Waals surface area contributed by atoms with Crippen molar-refractivity contribution in [3.05, 3.63) is 41.2 Å². The minimum atomic E-state index is -0.701. The monoisotopic (exact) mass is 249 g/mol. The second kappa shape index (κ2) is 5.67. The molecule has 0 atom stereocenters. The third-order valence-electron chi connectivity index (χ3n) is 3.06. The zero-order chi connectivity index (χ0) is 13.0. The first kappa shape index (κ1) is 12.6. The largest absolute Gasteiger partial charge is 0.508 e. The molecule has 0 bridgehead atoms. The first-order chi connectivity index (χ1) is 8.66. The van der Waals surface area contributed by atoms with Crippen molar-refractivity contribution >= 4 is 5.91 Å². The third-order valence-corrected chi connectivity index (χ3v) is 3.06. The number of phenolic OH excluding ortho intramolecular Hbond substituents is 1. The lowest BCUT2D eigenvalue weighted by Crippen LogP contribution is -2.25. The van der Waals surface area contributed by atoms with Crippen LogP contribution in [0.4, 0.5) is 4.39 Å². The van der Waals surface area contributed by atoms with Crippen LogP contribution in [0.1, 0.15) is 36.0 Å². The highest BCUT2D eigenvalue weighted by molar-refractivity contribution is 5.94. The highest BCUT2D eigenvalue weighted by Gasteiger charge is 2.12. The van der Waals surface area contributed by atoms with Crippen molar-refractivity contribution in [1.82, 2.24) is 5.32 Å². The minimum absolute atomic E-state index is 0.0341. The smallest absolute Gasteiger partial charge is 0.254 e. The lowest BCUT2D eigenvalue weighted by molar-refractivity contribution is 0.0950. The van der Waals surface area contributed by atoms with Crippen LogP contribution in [0.25, 0.3) is 0 Å². The van der Waals surface area contributed by atoms with E-state index in [2.05, 4.69) is 11.4 Å². The molecule has 2 rings (SSSR count). The maximum Gasteiger partial charge on any atom is 0.254 e. The van der Waals surface area contributed by atoms with Crippen molar-refractivity contribution in [1.29, 1.82) is 0 Å². The number of nitrogens with one attached hydrogen (secondary N) is 1. The summed E-state index contributed by atoms with van der Waals surface area (Å²) in [5.74, 6) is -1.32. The molecule has 0 radical (unpaired) electrons. The third kappa shape index (κ3) is 3.09. The van der Waals surface area contributed by atoms with Gasteiger partial charge in [0.1, 0.15) is 11.6 Å². The zero-order valence-electron chi connectivity index (χ0n) is 10.1. The standard InChI is InChI=1S/C14H16FNO2/c15-13-9-11(17)5-6-12(13)14(18)16-8-7-10-3-1-2-4-10/h3,5-6,9,17H,1-2,4,7-8H2,(H,16,18). The average molecular weight is 249 g/mol. The number of allylic oxidation sites excluding steroid dienone is 1. The van der Waals surface area contributed by atoms with Crippen molar-refractivity contribution in [2.75, 3.05) is 6.54 Å². The predicted molar refractivity (Wildman–Crippen MR) is 66.9 cm³/mol. The van der Waals surface area contributed by atoms with Crippen LogP contribution in [-0.2, 0) is 0 Å². The van der Waals surface area contributed by atoms with Crippen LogP contribution in [0.2, 0.25) is 0 Å². The second-order valence-corrected chi connectivity index (χ2v) is 4.42. The van der Waals surface area contributed by atoms with Crippen LogP contribution in [0, 0.1) is 5.82 Å². The Bertz CT molecular complexity index is 483. The van der Waals surface area contributed by atoms with E-state index in [1.54, 1.807) is 0 Å². The van der Waals surface area contributed by atoms with Gasteiger partial charge in [-0.15, -0.1) is 0 Å². The maximum atomic E-state index is 13.4. The molecular formula is C14H16FNO2. The first-order valence-electron chi connectivity index (χ1n) is 6.11. The van der Waals surface area contributed by atoms with Crippen LogP contribution in [0.5, 0.6) is 5.75 Å². The fraction of sp³-hybridized carbons (Fsp3) is 0.357. The molecule has 96 valence electrons. The van der Waals surface area contributed by atoms with E-state index in [4.69, 9.17) is 5.11 Å². The van der Waals surface area contributed by atoms with Crippen molar-refractivity contribution in [2.45, 2.75) is 25.7 Å². The van der Waals surface area contributed by atoms with Gasteiger partial charge in [-0.1, -0.05) is 11.6 Å². The Hall–Kier alpha value is -1.84. The highest BCUT2D eigenvalue weighted by Crippen LogP contribution is 2.20. The van der Waals surface area contributed by atoms with E-state index in [1.165, 1.54) is 24.1 Å². The van der Waals surface area contributed by atoms with E-state index in [9.17, 15) is 9.18 Å². The quantitative estimate of drug-likeness (QED) is 0.806. The van der Waals surface area contributed by atoms with E-state index in [1.807, 2.05) is 0 Å². The van der Waals surface area contributed by atoms with Gasteiger partial charge in [-0.2, -0.15) is 0 Å². The van der Waals surface area contributed by atoms with Gasteiger partial charge in [-0.25, -0.2) is 4.39 Å².